The number of hydrogen-bond acceptors (Lipinski definition) is 15. The van der Waals surface area contributed by atoms with Gasteiger partial charge in [0.1, 0.15) is 13.1 Å². The molecule has 3 rings (SSSR count). The third kappa shape index (κ3) is 18.3. The molecule has 0 heterocycles. The van der Waals surface area contributed by atoms with Crippen molar-refractivity contribution in [2.75, 3.05) is 62.3 Å². The zero-order valence-electron chi connectivity index (χ0n) is 35.5. The third-order valence-electron chi connectivity index (χ3n) is 9.53. The molecule has 0 amide bonds. The van der Waals surface area contributed by atoms with Gasteiger partial charge in [0, 0.05) is 96.9 Å². The second kappa shape index (κ2) is 29.7. The van der Waals surface area contributed by atoms with Gasteiger partial charge in [0.05, 0.1) is 38.3 Å². The Balaban J connectivity index is 0.00000119. The minimum Gasteiger partial charge on any atom is -0.871 e. The van der Waals surface area contributed by atoms with E-state index in [9.17, 15) is 30.0 Å². The topological polar surface area (TPSA) is 186 Å². The quantitative estimate of drug-likeness (QED) is 0.0259. The predicted molar refractivity (Wildman–Crippen MR) is 223 cm³/mol. The standard InChI is InChI=1S/C34H44N2O12S2.C8H19N/c1-3-43-29(37)9-5-19-35(21-7-23-49-47-45-41)27-15-11-25(12-16-27)31-33(39)32(34(31)40)26-13-17-28(18-14-26)36(22-8-24-50-48-46-42)20-6-10-30(38)44-4-2;1-6-9(7(2)3)8(4)5/h11-18H,3-10,19-24H2,1-2H3,(H2-,39,41,42);7-8H,6H2,1-5H3/p-1. The third-order valence-corrected chi connectivity index (χ3v) is 10.7. The summed E-state index contributed by atoms with van der Waals surface area (Å²) in [6.45, 7) is 19.1. The fourth-order valence-corrected chi connectivity index (χ4v) is 7.56. The number of nitrogens with one attached hydrogen (secondary N) is 1. The molecule has 330 valence electrons. The first-order valence-corrected chi connectivity index (χ1v) is 22.1. The van der Waals surface area contributed by atoms with E-state index in [-0.39, 0.29) is 47.5 Å². The van der Waals surface area contributed by atoms with Crippen LogP contribution in [0.1, 0.15) is 92.6 Å². The molecular weight excluding hydrogens is 803 g/mol. The lowest BCUT2D eigenvalue weighted by Crippen LogP contribution is -3.17. The van der Waals surface area contributed by atoms with Crippen molar-refractivity contribution in [3.63, 3.8) is 0 Å². The molecule has 0 saturated carbocycles. The molecule has 1 N–H and O–H groups in total. The summed E-state index contributed by atoms with van der Waals surface area (Å²) in [5.41, 5.74) is 2.98. The lowest BCUT2D eigenvalue weighted by Gasteiger charge is -2.32. The maximum absolute atomic E-state index is 13.3. The van der Waals surface area contributed by atoms with Crippen LogP contribution in [0.25, 0.3) is 5.57 Å². The molecule has 0 aromatic heterocycles. The molecule has 0 saturated heterocycles. The monoisotopic (exact) mass is 864 g/mol. The number of rotatable bonds is 27. The predicted octanol–water partition coefficient (Wildman–Crippen LogP) is 2.94. The van der Waals surface area contributed by atoms with Crippen LogP contribution >= 0.6 is 24.1 Å². The molecule has 2 aliphatic rings. The molecule has 0 radical (unpaired) electrons. The Hall–Kier alpha value is -3.52. The molecule has 0 bridgehead atoms. The van der Waals surface area contributed by atoms with Crippen LogP contribution in [-0.2, 0) is 42.6 Å². The van der Waals surface area contributed by atoms with Crippen molar-refractivity contribution < 1.29 is 67.7 Å². The number of carbonyl (C=O) groups is 3. The summed E-state index contributed by atoms with van der Waals surface area (Å²) in [6, 6.07) is 8.69. The molecule has 1 aromatic carbocycles. The summed E-state index contributed by atoms with van der Waals surface area (Å²) >= 11 is 1.81. The number of esters is 2. The smallest absolute Gasteiger partial charge is 0.306 e. The van der Waals surface area contributed by atoms with Gasteiger partial charge in [-0.15, -0.1) is 0 Å². The van der Waals surface area contributed by atoms with E-state index in [0.717, 1.165) is 47.6 Å². The van der Waals surface area contributed by atoms with Crippen LogP contribution < -0.4 is 25.4 Å². The van der Waals surface area contributed by atoms with Crippen LogP contribution in [0, 0.1) is 0 Å². The minimum absolute atomic E-state index is 0.123. The van der Waals surface area contributed by atoms with E-state index in [1.54, 1.807) is 43.0 Å². The number of ether oxygens (including phenoxy) is 2. The number of carbonyl (C=O) groups excluding carboxylic acids is 3. The van der Waals surface area contributed by atoms with Crippen LogP contribution in [-0.4, -0.2) is 97.5 Å². The van der Waals surface area contributed by atoms with E-state index in [2.05, 4.69) is 62.8 Å². The summed E-state index contributed by atoms with van der Waals surface area (Å²) < 4.78 is 20.8. The van der Waals surface area contributed by atoms with Crippen LogP contribution in [0.3, 0.4) is 0 Å². The first-order valence-electron chi connectivity index (χ1n) is 20.3. The first kappa shape index (κ1) is 51.6. The van der Waals surface area contributed by atoms with Gasteiger partial charge in [0.2, 0.25) is 0 Å². The summed E-state index contributed by atoms with van der Waals surface area (Å²) in [7, 11) is 0. The Bertz CT molecular complexity index is 1580. The number of ketones is 1. The summed E-state index contributed by atoms with van der Waals surface area (Å²) in [5.74, 6) is -0.173. The molecule has 0 spiro atoms. The Morgan fingerprint density at radius 2 is 1.27 bits per heavy atom. The molecule has 17 heteroatoms. The van der Waals surface area contributed by atoms with Crippen LogP contribution in [0.15, 0.2) is 65.5 Å². The van der Waals surface area contributed by atoms with Gasteiger partial charge in [-0.1, -0.05) is 17.9 Å². The molecule has 59 heavy (non-hydrogen) atoms. The fourth-order valence-electron chi connectivity index (χ4n) is 6.85. The lowest BCUT2D eigenvalue weighted by molar-refractivity contribution is -0.940. The normalized spacial score (nSPS) is 13.6. The van der Waals surface area contributed by atoms with Crippen molar-refractivity contribution in [1.29, 1.82) is 0 Å². The van der Waals surface area contributed by atoms with Gasteiger partial charge in [0.15, 0.2) is 11.5 Å². The molecule has 0 fully saturated rings. The van der Waals surface area contributed by atoms with Crippen molar-refractivity contribution in [2.45, 2.75) is 99.1 Å². The number of quaternary nitrogens is 1. The Kier molecular flexibility index (Phi) is 26.0. The SMILES string of the molecule is CCOC(=O)CCCN(CCCSOO[O-])c1ccc(C2=C([O-])C(=C3C=CC(=[N+](CCCSOO[O-])CCCC(=O)OCC)C=C3)C2=O)cc1.CC[NH+](C(C)C)C(C)C. The number of Topliss-reactive ketones (excluding diaryl/α,β-unsaturated/α-hetero) is 1. The van der Waals surface area contributed by atoms with Crippen molar-refractivity contribution in [3.05, 3.63) is 71.0 Å². The van der Waals surface area contributed by atoms with Crippen LogP contribution in [0.4, 0.5) is 5.69 Å². The van der Waals surface area contributed by atoms with Crippen LogP contribution in [0.5, 0.6) is 0 Å². The summed E-state index contributed by atoms with van der Waals surface area (Å²) in [6.07, 6.45) is 10.1. The average molecular weight is 865 g/mol. The van der Waals surface area contributed by atoms with Gasteiger partial charge in [-0.25, -0.2) is 4.58 Å². The summed E-state index contributed by atoms with van der Waals surface area (Å²) in [5, 5.41) is 40.1. The second-order valence-electron chi connectivity index (χ2n) is 14.2. The van der Waals surface area contributed by atoms with Gasteiger partial charge in [-0.3, -0.25) is 24.5 Å². The van der Waals surface area contributed by atoms with E-state index >= 15 is 0 Å². The van der Waals surface area contributed by atoms with E-state index in [1.165, 1.54) is 6.54 Å². The highest BCUT2D eigenvalue weighted by atomic mass is 32.2. The highest BCUT2D eigenvalue weighted by Gasteiger charge is 2.31. The first-order chi connectivity index (χ1) is 28.4. The average Bonchev–Trinajstić information content (AvgIpc) is 3.20. The maximum atomic E-state index is 13.3. The van der Waals surface area contributed by atoms with Gasteiger partial charge >= 0.3 is 11.9 Å². The molecule has 2 aliphatic carbocycles. The highest BCUT2D eigenvalue weighted by Crippen LogP contribution is 2.38. The molecule has 0 aliphatic heterocycles. The van der Waals surface area contributed by atoms with Crippen molar-refractivity contribution >= 4 is 58.8 Å². The Morgan fingerprint density at radius 1 is 0.746 bits per heavy atom. The van der Waals surface area contributed by atoms with E-state index in [4.69, 9.17) is 9.47 Å². The fraction of sp³-hybridized carbons (Fsp3) is 0.571. The minimum atomic E-state index is -0.330. The van der Waals surface area contributed by atoms with Gasteiger partial charge < -0.3 is 34.9 Å². The van der Waals surface area contributed by atoms with Gasteiger partial charge in [-0.05, 0) is 96.7 Å². The summed E-state index contributed by atoms with van der Waals surface area (Å²) in [4.78, 5) is 40.7. The van der Waals surface area contributed by atoms with Gasteiger partial charge in [0.25, 0.3) is 0 Å². The largest absolute Gasteiger partial charge is 0.871 e. The second-order valence-corrected chi connectivity index (χ2v) is 15.7. The molecular formula is C42H62N3O12S2-. The number of allylic oxidation sites excluding steroid dienone is 7. The maximum Gasteiger partial charge on any atom is 0.306 e. The van der Waals surface area contributed by atoms with Crippen molar-refractivity contribution in [2.24, 2.45) is 0 Å². The Morgan fingerprint density at radius 3 is 1.76 bits per heavy atom. The number of nitrogens with zero attached hydrogens (tertiary/aromatic N) is 2. The lowest BCUT2D eigenvalue weighted by atomic mass is 9.80. The van der Waals surface area contributed by atoms with E-state index in [0.29, 0.717) is 87.7 Å². The molecule has 1 aromatic rings. The number of anilines is 1. The zero-order valence-corrected chi connectivity index (χ0v) is 37.1. The van der Waals surface area contributed by atoms with Crippen molar-refractivity contribution in [3.8, 4) is 0 Å². The highest BCUT2D eigenvalue weighted by molar-refractivity contribution is 7.94. The van der Waals surface area contributed by atoms with Gasteiger partial charge in [-0.2, -0.15) is 8.67 Å². The molecule has 15 nitrogen and oxygen atoms in total. The Labute approximate surface area is 357 Å². The number of hydrogen-bond donors (Lipinski definition) is 1. The molecule has 0 unspecified atom stereocenters. The van der Waals surface area contributed by atoms with E-state index in [1.807, 2.05) is 24.3 Å². The zero-order chi connectivity index (χ0) is 43.6. The molecule has 0 atom stereocenters. The van der Waals surface area contributed by atoms with E-state index < -0.39 is 0 Å². The van der Waals surface area contributed by atoms with Crippen molar-refractivity contribution in [1.82, 2.24) is 0 Å². The number of benzene rings is 1. The van der Waals surface area contributed by atoms with Crippen LogP contribution in [0.2, 0.25) is 0 Å².